The Bertz CT molecular complexity index is 1360. The number of aryl methyl sites for hydroxylation is 1. The van der Waals surface area contributed by atoms with E-state index in [9.17, 15) is 24.0 Å². The molecule has 1 aliphatic heterocycles. The highest BCUT2D eigenvalue weighted by atomic mass is 16.7. The van der Waals surface area contributed by atoms with Crippen LogP contribution < -0.4 is 10.1 Å². The van der Waals surface area contributed by atoms with E-state index in [4.69, 9.17) is 28.4 Å². The molecule has 1 aliphatic rings. The third kappa shape index (κ3) is 7.84. The minimum Gasteiger partial charge on any atom is -0.463 e. The lowest BCUT2D eigenvalue weighted by atomic mass is 9.88. The zero-order valence-electron chi connectivity index (χ0n) is 24.5. The van der Waals surface area contributed by atoms with Gasteiger partial charge in [-0.15, -0.1) is 0 Å². The fourth-order valence-corrected chi connectivity index (χ4v) is 4.60. The van der Waals surface area contributed by atoms with Gasteiger partial charge in [0.05, 0.1) is 0 Å². The maximum absolute atomic E-state index is 12.1. The van der Waals surface area contributed by atoms with E-state index in [1.165, 1.54) is 13.8 Å². The summed E-state index contributed by atoms with van der Waals surface area (Å²) in [5.41, 5.74) is 1.19. The molecule has 0 aliphatic carbocycles. The van der Waals surface area contributed by atoms with Crippen molar-refractivity contribution in [2.45, 2.75) is 71.7 Å². The highest BCUT2D eigenvalue weighted by molar-refractivity contribution is 5.95. The van der Waals surface area contributed by atoms with Gasteiger partial charge in [-0.2, -0.15) is 0 Å². The zero-order chi connectivity index (χ0) is 31.2. The Morgan fingerprint density at radius 3 is 2.02 bits per heavy atom. The lowest BCUT2D eigenvalue weighted by molar-refractivity contribution is -0.319. The second kappa shape index (κ2) is 13.5. The van der Waals surface area contributed by atoms with Gasteiger partial charge in [-0.3, -0.25) is 24.0 Å². The SMILES string of the molecule is CNC(=O)c1cccc(-c2ccc(O[C@@H]3O[C@](C)(COC(C)=O)[C@H](OC(C)=O)[C@H](OC(C)=O)[C@@H]3OC(C)=O)c(C)c2)c1. The van der Waals surface area contributed by atoms with Crippen molar-refractivity contribution in [2.75, 3.05) is 13.7 Å². The minimum absolute atomic E-state index is 0.217. The second-order valence-electron chi connectivity index (χ2n) is 10.0. The first-order valence-electron chi connectivity index (χ1n) is 13.2. The summed E-state index contributed by atoms with van der Waals surface area (Å²) in [6.45, 7) is 7.53. The van der Waals surface area contributed by atoms with Crippen LogP contribution in [0.25, 0.3) is 11.1 Å². The number of esters is 4. The summed E-state index contributed by atoms with van der Waals surface area (Å²) >= 11 is 0. The van der Waals surface area contributed by atoms with Crippen molar-refractivity contribution < 1.29 is 52.4 Å². The molecule has 2 aromatic rings. The van der Waals surface area contributed by atoms with Crippen LogP contribution >= 0.6 is 0 Å². The Morgan fingerprint density at radius 2 is 1.45 bits per heavy atom. The van der Waals surface area contributed by atoms with Gasteiger partial charge >= 0.3 is 23.9 Å². The molecule has 226 valence electrons. The predicted molar refractivity (Wildman–Crippen MR) is 147 cm³/mol. The summed E-state index contributed by atoms with van der Waals surface area (Å²) in [7, 11) is 1.55. The molecule has 1 fully saturated rings. The molecule has 0 radical (unpaired) electrons. The van der Waals surface area contributed by atoms with Crippen molar-refractivity contribution in [3.63, 3.8) is 0 Å². The highest BCUT2D eigenvalue weighted by Gasteiger charge is 2.59. The van der Waals surface area contributed by atoms with Crippen molar-refractivity contribution in [3.05, 3.63) is 53.6 Å². The van der Waals surface area contributed by atoms with E-state index in [1.807, 2.05) is 12.1 Å². The summed E-state index contributed by atoms with van der Waals surface area (Å²) in [5.74, 6) is -2.72. The van der Waals surface area contributed by atoms with Crippen LogP contribution in [0.4, 0.5) is 0 Å². The minimum atomic E-state index is -1.58. The van der Waals surface area contributed by atoms with Gasteiger partial charge in [0, 0.05) is 40.3 Å². The molecule has 12 nitrogen and oxygen atoms in total. The van der Waals surface area contributed by atoms with Gasteiger partial charge in [0.15, 0.2) is 12.2 Å². The van der Waals surface area contributed by atoms with Crippen LogP contribution in [0.2, 0.25) is 0 Å². The number of carbonyl (C=O) groups is 5. The fraction of sp³-hybridized carbons (Fsp3) is 0.433. The van der Waals surface area contributed by atoms with E-state index < -0.39 is 60.7 Å². The van der Waals surface area contributed by atoms with E-state index in [1.54, 1.807) is 44.3 Å². The van der Waals surface area contributed by atoms with E-state index in [-0.39, 0.29) is 5.91 Å². The van der Waals surface area contributed by atoms with Crippen LogP contribution in [-0.4, -0.2) is 73.6 Å². The van der Waals surface area contributed by atoms with Gasteiger partial charge in [0.1, 0.15) is 18.0 Å². The van der Waals surface area contributed by atoms with Crippen LogP contribution in [-0.2, 0) is 42.9 Å². The molecular weight excluding hydrogens is 550 g/mol. The van der Waals surface area contributed by atoms with Crippen molar-refractivity contribution in [3.8, 4) is 16.9 Å². The quantitative estimate of drug-likeness (QED) is 0.341. The smallest absolute Gasteiger partial charge is 0.303 e. The maximum atomic E-state index is 12.1. The monoisotopic (exact) mass is 585 g/mol. The van der Waals surface area contributed by atoms with E-state index in [2.05, 4.69) is 5.32 Å². The first kappa shape index (κ1) is 32.1. The summed E-state index contributed by atoms with van der Waals surface area (Å²) in [6, 6.07) is 12.4. The molecule has 0 saturated carbocycles. The Balaban J connectivity index is 2.03. The summed E-state index contributed by atoms with van der Waals surface area (Å²) in [4.78, 5) is 60.1. The molecule has 42 heavy (non-hydrogen) atoms. The first-order valence-corrected chi connectivity index (χ1v) is 13.2. The van der Waals surface area contributed by atoms with Crippen molar-refractivity contribution in [1.82, 2.24) is 5.32 Å². The number of carbonyl (C=O) groups excluding carboxylic acids is 5. The number of benzene rings is 2. The molecule has 0 aromatic heterocycles. The van der Waals surface area contributed by atoms with Crippen molar-refractivity contribution in [1.29, 1.82) is 0 Å². The number of nitrogens with one attached hydrogen (secondary N) is 1. The van der Waals surface area contributed by atoms with Crippen LogP contribution in [0.1, 0.15) is 50.5 Å². The number of amides is 1. The summed E-state index contributed by atoms with van der Waals surface area (Å²) in [6.07, 6.45) is -5.46. The molecule has 5 atom stereocenters. The second-order valence-corrected chi connectivity index (χ2v) is 10.0. The van der Waals surface area contributed by atoms with E-state index >= 15 is 0 Å². The number of ether oxygens (including phenoxy) is 6. The Kier molecular flexibility index (Phi) is 10.3. The fourth-order valence-electron chi connectivity index (χ4n) is 4.60. The lowest BCUT2D eigenvalue weighted by Gasteiger charge is -2.49. The first-order chi connectivity index (χ1) is 19.7. The van der Waals surface area contributed by atoms with Gasteiger partial charge in [0.2, 0.25) is 12.4 Å². The number of hydrogen-bond acceptors (Lipinski definition) is 11. The molecule has 1 saturated heterocycles. The van der Waals surface area contributed by atoms with Crippen LogP contribution in [0, 0.1) is 6.92 Å². The van der Waals surface area contributed by atoms with Crippen molar-refractivity contribution >= 4 is 29.8 Å². The van der Waals surface area contributed by atoms with E-state index in [0.29, 0.717) is 16.9 Å². The zero-order valence-corrected chi connectivity index (χ0v) is 24.5. The molecule has 0 bridgehead atoms. The summed E-state index contributed by atoms with van der Waals surface area (Å²) in [5, 5.41) is 2.60. The van der Waals surface area contributed by atoms with Gasteiger partial charge < -0.3 is 33.7 Å². The van der Waals surface area contributed by atoms with Gasteiger partial charge in [-0.1, -0.05) is 18.2 Å². The average molecular weight is 586 g/mol. The molecule has 0 spiro atoms. The number of hydrogen-bond donors (Lipinski definition) is 1. The van der Waals surface area contributed by atoms with Gasteiger partial charge in [-0.05, 0) is 54.8 Å². The molecular formula is C30H35NO11. The molecule has 1 amide bonds. The predicted octanol–water partition coefficient (Wildman–Crippen LogP) is 2.87. The topological polar surface area (TPSA) is 153 Å². The Hall–Kier alpha value is -4.45. The molecule has 1 heterocycles. The van der Waals surface area contributed by atoms with Crippen molar-refractivity contribution in [2.24, 2.45) is 0 Å². The molecule has 1 N–H and O–H groups in total. The Morgan fingerprint density at radius 1 is 0.833 bits per heavy atom. The van der Waals surface area contributed by atoms with Crippen LogP contribution in [0.3, 0.4) is 0 Å². The largest absolute Gasteiger partial charge is 0.463 e. The normalized spacial score (nSPS) is 23.2. The Labute approximate surface area is 243 Å². The van der Waals surface area contributed by atoms with Gasteiger partial charge in [0.25, 0.3) is 5.91 Å². The van der Waals surface area contributed by atoms with E-state index in [0.717, 1.165) is 31.9 Å². The van der Waals surface area contributed by atoms with Crippen LogP contribution in [0.5, 0.6) is 5.75 Å². The highest BCUT2D eigenvalue weighted by Crippen LogP contribution is 2.38. The third-order valence-corrected chi connectivity index (χ3v) is 6.44. The molecule has 0 unspecified atom stereocenters. The maximum Gasteiger partial charge on any atom is 0.303 e. The lowest BCUT2D eigenvalue weighted by Crippen LogP contribution is -2.68. The molecule has 12 heteroatoms. The van der Waals surface area contributed by atoms with Gasteiger partial charge in [-0.25, -0.2) is 0 Å². The third-order valence-electron chi connectivity index (χ3n) is 6.44. The average Bonchev–Trinajstić information content (AvgIpc) is 2.92. The number of rotatable bonds is 9. The standard InChI is InChI=1S/C30H35NO11/c1-16-13-22(21-9-8-10-23(14-21)28(36)31-7)11-12-24(16)41-29-26(39-19(4)34)25(38-18(3)33)27(40-20(5)35)30(6,42-29)15-37-17(2)32/h8-14,25-27,29H,15H2,1-7H3,(H,31,36)/t25-,26+,27-,29-,30-/m1/s1. The summed E-state index contributed by atoms with van der Waals surface area (Å²) < 4.78 is 34.1. The van der Waals surface area contributed by atoms with Crippen LogP contribution in [0.15, 0.2) is 42.5 Å². The molecule has 3 rings (SSSR count). The molecule has 2 aromatic carbocycles.